The molecule has 3 heterocycles. The van der Waals surface area contributed by atoms with Gasteiger partial charge in [-0.25, -0.2) is 23.2 Å². The lowest BCUT2D eigenvalue weighted by atomic mass is 9.94. The van der Waals surface area contributed by atoms with Crippen molar-refractivity contribution in [1.82, 2.24) is 25.0 Å². The Balaban J connectivity index is 1.51. The van der Waals surface area contributed by atoms with E-state index in [1.165, 1.54) is 7.11 Å². The van der Waals surface area contributed by atoms with Crippen LogP contribution in [0, 0.1) is 12.8 Å². The van der Waals surface area contributed by atoms with Crippen LogP contribution in [-0.2, 0) is 20.8 Å². The first-order valence-corrected chi connectivity index (χ1v) is 12.7. The molecule has 4 rings (SSSR count). The largest absolute Gasteiger partial charge is 0.453 e. The monoisotopic (exact) mass is 507 g/mol. The zero-order valence-corrected chi connectivity index (χ0v) is 21.1. The highest BCUT2D eigenvalue weighted by atomic mass is 19.3. The van der Waals surface area contributed by atoms with Gasteiger partial charge >= 0.3 is 6.09 Å². The predicted octanol–water partition coefficient (Wildman–Crippen LogP) is 3.99. The number of carbonyl (C=O) groups excluding carboxylic acids is 2. The lowest BCUT2D eigenvalue weighted by molar-refractivity contribution is -0.152. The van der Waals surface area contributed by atoms with Crippen LogP contribution < -0.4 is 5.32 Å². The quantitative estimate of drug-likeness (QED) is 0.489. The van der Waals surface area contributed by atoms with Crippen molar-refractivity contribution in [2.75, 3.05) is 20.3 Å². The summed E-state index contributed by atoms with van der Waals surface area (Å²) in [6, 6.07) is 3.74. The van der Waals surface area contributed by atoms with E-state index in [-0.39, 0.29) is 36.9 Å². The van der Waals surface area contributed by atoms with E-state index in [1.54, 1.807) is 0 Å². The number of halogens is 2. The van der Waals surface area contributed by atoms with Gasteiger partial charge in [0.25, 0.3) is 5.91 Å². The van der Waals surface area contributed by atoms with Crippen LogP contribution >= 0.6 is 0 Å². The van der Waals surface area contributed by atoms with Gasteiger partial charge in [0.05, 0.1) is 25.5 Å². The average Bonchev–Trinajstić information content (AvgIpc) is 3.62. The number of nitrogens with one attached hydrogen (secondary N) is 1. The maximum atomic E-state index is 13.6. The summed E-state index contributed by atoms with van der Waals surface area (Å²) < 4.78 is 37.7. The average molecular weight is 508 g/mol. The first-order chi connectivity index (χ1) is 17.3. The molecule has 3 atom stereocenters. The number of aryl methyl sites for hydroxylation is 2. The Morgan fingerprint density at radius 3 is 2.69 bits per heavy atom. The number of alkyl halides is 2. The Kier molecular flexibility index (Phi) is 8.38. The van der Waals surface area contributed by atoms with Gasteiger partial charge < -0.3 is 19.7 Å². The highest BCUT2D eigenvalue weighted by molar-refractivity contribution is 5.84. The molecule has 198 valence electrons. The van der Waals surface area contributed by atoms with Gasteiger partial charge in [0.15, 0.2) is 5.65 Å². The summed E-state index contributed by atoms with van der Waals surface area (Å²) in [5, 5.41) is 8.41. The van der Waals surface area contributed by atoms with E-state index in [4.69, 9.17) is 14.8 Å². The molecule has 36 heavy (non-hydrogen) atoms. The van der Waals surface area contributed by atoms with Crippen LogP contribution in [0.15, 0.2) is 12.1 Å². The smallest absolute Gasteiger partial charge is 0.406 e. The Bertz CT molecular complexity index is 1070. The number of pyridine rings is 1. The van der Waals surface area contributed by atoms with Crippen molar-refractivity contribution in [2.24, 2.45) is 5.92 Å². The Labute approximate surface area is 209 Å². The minimum Gasteiger partial charge on any atom is -0.453 e. The number of amides is 2. The molecule has 1 aliphatic heterocycles. The Morgan fingerprint density at radius 2 is 2.06 bits per heavy atom. The Hall–Kier alpha value is -2.82. The number of alkyl carbamates (subject to hydrolysis) is 1. The molecule has 2 amide bonds. The number of nitrogens with zero attached hydrogens (tertiary/aromatic N) is 4. The second kappa shape index (κ2) is 11.5. The minimum absolute atomic E-state index is 0.0921. The highest BCUT2D eigenvalue weighted by Gasteiger charge is 2.42. The third kappa shape index (κ3) is 6.11. The van der Waals surface area contributed by atoms with E-state index >= 15 is 0 Å². The van der Waals surface area contributed by atoms with Gasteiger partial charge in [0.1, 0.15) is 6.10 Å². The van der Waals surface area contributed by atoms with Crippen molar-refractivity contribution < 1.29 is 27.8 Å². The van der Waals surface area contributed by atoms with Crippen LogP contribution in [0.5, 0.6) is 0 Å². The number of fused-ring (bicyclic) bond motifs is 1. The number of hydrogen-bond donors (Lipinski definition) is 1. The highest BCUT2D eigenvalue weighted by Crippen LogP contribution is 2.38. The predicted molar refractivity (Wildman–Crippen MR) is 129 cm³/mol. The molecule has 0 unspecified atom stereocenters. The van der Waals surface area contributed by atoms with E-state index < -0.39 is 18.6 Å². The molecule has 0 radical (unpaired) electrons. The van der Waals surface area contributed by atoms with Crippen LogP contribution in [0.25, 0.3) is 11.0 Å². The van der Waals surface area contributed by atoms with Crippen LogP contribution in [0.4, 0.5) is 13.6 Å². The van der Waals surface area contributed by atoms with E-state index in [0.717, 1.165) is 35.3 Å². The van der Waals surface area contributed by atoms with Gasteiger partial charge in [-0.1, -0.05) is 0 Å². The number of aromatic nitrogens is 3. The standard InChI is InChI=1S/C25H35F2N5O4/c1-15-5-9-19-22(30-31(23(19)29-15)12-4-11-28-25(34)35-3)16(2)32(18-7-8-18)24(33)20-10-6-17(14-36-20)13-21(26)27/h5,9,16-18,20-21H,4,6-8,10-14H2,1-3H3,(H,28,34)/t16-,17-,20-/m1/s1. The first kappa shape index (κ1) is 26.2. The number of ether oxygens (including phenoxy) is 2. The van der Waals surface area contributed by atoms with E-state index in [1.807, 2.05) is 35.6 Å². The van der Waals surface area contributed by atoms with E-state index in [2.05, 4.69) is 10.1 Å². The molecule has 1 aliphatic carbocycles. The van der Waals surface area contributed by atoms with Gasteiger partial charge in [-0.3, -0.25) is 4.79 Å². The number of carbonyl (C=O) groups is 2. The number of rotatable bonds is 10. The van der Waals surface area contributed by atoms with Crippen LogP contribution in [0.1, 0.15) is 62.9 Å². The maximum absolute atomic E-state index is 13.6. The molecular weight excluding hydrogens is 472 g/mol. The summed E-state index contributed by atoms with van der Waals surface area (Å²) in [7, 11) is 1.32. The molecule has 1 N–H and O–H groups in total. The Morgan fingerprint density at radius 1 is 1.28 bits per heavy atom. The van der Waals surface area contributed by atoms with Crippen molar-refractivity contribution in [3.8, 4) is 0 Å². The maximum Gasteiger partial charge on any atom is 0.406 e. The fraction of sp³-hybridized carbons (Fsp3) is 0.680. The van der Waals surface area contributed by atoms with E-state index in [0.29, 0.717) is 32.4 Å². The van der Waals surface area contributed by atoms with Crippen molar-refractivity contribution in [3.63, 3.8) is 0 Å². The minimum atomic E-state index is -2.36. The molecule has 0 aromatic carbocycles. The second-order valence-electron chi connectivity index (χ2n) is 9.75. The summed E-state index contributed by atoms with van der Waals surface area (Å²) in [6.07, 6.45) is -0.134. The SMILES string of the molecule is COC(=O)NCCCn1nc([C@@H](C)N(C(=O)[C@H]2CC[C@H](CC(F)F)CO2)C2CC2)c2ccc(C)nc21. The summed E-state index contributed by atoms with van der Waals surface area (Å²) in [5.74, 6) is -0.297. The summed E-state index contributed by atoms with van der Waals surface area (Å²) in [5.41, 5.74) is 2.37. The van der Waals surface area contributed by atoms with Crippen molar-refractivity contribution in [2.45, 2.75) is 83.5 Å². The van der Waals surface area contributed by atoms with Gasteiger partial charge in [-0.05, 0) is 64.0 Å². The van der Waals surface area contributed by atoms with Crippen LogP contribution in [0.3, 0.4) is 0 Å². The molecule has 1 saturated carbocycles. The molecule has 1 saturated heterocycles. The first-order valence-electron chi connectivity index (χ1n) is 12.7. The number of methoxy groups -OCH3 is 1. The summed E-state index contributed by atoms with van der Waals surface area (Å²) in [4.78, 5) is 31.5. The zero-order valence-electron chi connectivity index (χ0n) is 21.1. The number of hydrogen-bond acceptors (Lipinski definition) is 6. The molecule has 2 aliphatic rings. The fourth-order valence-electron chi connectivity index (χ4n) is 4.90. The molecule has 11 heteroatoms. The molecule has 0 spiro atoms. The molecule has 0 bridgehead atoms. The zero-order chi connectivity index (χ0) is 25.8. The third-order valence-corrected chi connectivity index (χ3v) is 6.93. The van der Waals surface area contributed by atoms with Gasteiger partial charge in [-0.15, -0.1) is 0 Å². The van der Waals surface area contributed by atoms with Crippen molar-refractivity contribution >= 4 is 23.0 Å². The second-order valence-corrected chi connectivity index (χ2v) is 9.75. The molecule has 2 aromatic heterocycles. The lowest BCUT2D eigenvalue weighted by Gasteiger charge is -2.35. The van der Waals surface area contributed by atoms with Crippen LogP contribution in [-0.4, -0.2) is 70.5 Å². The lowest BCUT2D eigenvalue weighted by Crippen LogP contribution is -2.45. The molecule has 2 aromatic rings. The van der Waals surface area contributed by atoms with Gasteiger partial charge in [0, 0.05) is 36.6 Å². The van der Waals surface area contributed by atoms with Crippen molar-refractivity contribution in [3.05, 3.63) is 23.5 Å². The fourth-order valence-corrected chi connectivity index (χ4v) is 4.90. The third-order valence-electron chi connectivity index (χ3n) is 6.93. The van der Waals surface area contributed by atoms with Crippen LogP contribution in [0.2, 0.25) is 0 Å². The van der Waals surface area contributed by atoms with Gasteiger partial charge in [0.2, 0.25) is 6.43 Å². The summed E-state index contributed by atoms with van der Waals surface area (Å²) >= 11 is 0. The molecule has 2 fully saturated rings. The van der Waals surface area contributed by atoms with Crippen molar-refractivity contribution in [1.29, 1.82) is 0 Å². The summed E-state index contributed by atoms with van der Waals surface area (Å²) in [6.45, 7) is 5.05. The van der Waals surface area contributed by atoms with E-state index in [9.17, 15) is 18.4 Å². The molecule has 9 nitrogen and oxygen atoms in total. The van der Waals surface area contributed by atoms with Gasteiger partial charge in [-0.2, -0.15) is 5.10 Å². The normalized spacial score (nSPS) is 20.9. The topological polar surface area (TPSA) is 98.6 Å². The molecular formula is C25H35F2N5O4.